The lowest BCUT2D eigenvalue weighted by Gasteiger charge is -2.31. The molecule has 2 heterocycles. The number of benzene rings is 2. The van der Waals surface area contributed by atoms with Gasteiger partial charge in [0.1, 0.15) is 11.4 Å². The van der Waals surface area contributed by atoms with Crippen molar-refractivity contribution in [2.75, 3.05) is 26.2 Å². The molecule has 4 rings (SSSR count). The summed E-state index contributed by atoms with van der Waals surface area (Å²) in [6.45, 7) is 10.2. The van der Waals surface area contributed by atoms with Crippen LogP contribution in [0.3, 0.4) is 0 Å². The number of hydrogen-bond acceptors (Lipinski definition) is 3. The van der Waals surface area contributed by atoms with Gasteiger partial charge in [0.2, 0.25) is 5.82 Å². The third-order valence-electron chi connectivity index (χ3n) is 7.01. The van der Waals surface area contributed by atoms with Crippen molar-refractivity contribution in [3.8, 4) is 28.0 Å². The van der Waals surface area contributed by atoms with Gasteiger partial charge in [0.05, 0.1) is 30.8 Å². The van der Waals surface area contributed by atoms with E-state index < -0.39 is 0 Å². The zero-order valence-corrected chi connectivity index (χ0v) is 20.4. The maximum absolute atomic E-state index is 5.77. The minimum absolute atomic E-state index is 0.652. The highest BCUT2D eigenvalue weighted by Gasteiger charge is 2.43. The largest absolute Gasteiger partial charge is 0.494 e. The molecule has 3 aromatic rings. The average molecular weight is 445 g/mol. The third-order valence-corrected chi connectivity index (χ3v) is 7.01. The topological polar surface area (TPSA) is 48.1 Å². The molecule has 174 valence electrons. The molecule has 0 amide bonds. The van der Waals surface area contributed by atoms with Crippen molar-refractivity contribution >= 4 is 11.5 Å². The molecule has 1 aliphatic heterocycles. The van der Waals surface area contributed by atoms with Crippen molar-refractivity contribution in [2.24, 2.45) is 5.73 Å². The number of unbranched alkanes of at least 4 members (excludes halogenated alkanes) is 2. The first-order valence-electron chi connectivity index (χ1n) is 12.6. The zero-order chi connectivity index (χ0) is 23.3. The minimum atomic E-state index is 0.652. The number of nitrogens with zero attached hydrogens (tertiary/aromatic N) is 2. The Hall–Kier alpha value is -2.69. The molecule has 1 aliphatic rings. The Morgan fingerprint density at radius 1 is 0.818 bits per heavy atom. The standard InChI is InChI=1S/C29H38N3O/c1-4-7-8-10-24-14-17-26-27-21-23(22-11-15-25(16-12-22)33-20-9-19-30)13-18-28(27)32(5-2,6-3)29(26)31-24/h11-18,21H,4-10,19-20,30H2,1-3H3/q+1. The Labute approximate surface area is 199 Å². The summed E-state index contributed by atoms with van der Waals surface area (Å²) < 4.78 is 6.60. The number of fused-ring (bicyclic) bond motifs is 3. The summed E-state index contributed by atoms with van der Waals surface area (Å²) in [4.78, 5) is 5.23. The first kappa shape index (κ1) is 23.5. The predicted molar refractivity (Wildman–Crippen MR) is 140 cm³/mol. The Morgan fingerprint density at radius 3 is 2.27 bits per heavy atom. The zero-order valence-electron chi connectivity index (χ0n) is 20.4. The summed E-state index contributed by atoms with van der Waals surface area (Å²) in [5.74, 6) is 2.12. The summed E-state index contributed by atoms with van der Waals surface area (Å²) in [5, 5.41) is 0. The fraction of sp³-hybridized carbons (Fsp3) is 0.414. The van der Waals surface area contributed by atoms with Gasteiger partial charge in [-0.15, -0.1) is 0 Å². The summed E-state index contributed by atoms with van der Waals surface area (Å²) in [6.07, 6.45) is 5.65. The van der Waals surface area contributed by atoms with Crippen LogP contribution in [0, 0.1) is 0 Å². The summed E-state index contributed by atoms with van der Waals surface area (Å²) >= 11 is 0. The number of ether oxygens (including phenoxy) is 1. The Balaban J connectivity index is 1.68. The quantitative estimate of drug-likeness (QED) is 0.259. The molecule has 0 saturated carbocycles. The molecule has 0 spiro atoms. The Morgan fingerprint density at radius 2 is 1.58 bits per heavy atom. The van der Waals surface area contributed by atoms with Crippen LogP contribution in [0.4, 0.5) is 11.5 Å². The summed E-state index contributed by atoms with van der Waals surface area (Å²) in [7, 11) is 0. The molecule has 0 saturated heterocycles. The molecule has 0 aliphatic carbocycles. The van der Waals surface area contributed by atoms with Gasteiger partial charge in [0.15, 0.2) is 0 Å². The lowest BCUT2D eigenvalue weighted by Crippen LogP contribution is -2.42. The molecular weight excluding hydrogens is 406 g/mol. The lowest BCUT2D eigenvalue weighted by atomic mass is 9.99. The maximum atomic E-state index is 5.77. The maximum Gasteiger partial charge on any atom is 0.241 e. The van der Waals surface area contributed by atoms with Crippen molar-refractivity contribution in [3.05, 3.63) is 60.3 Å². The second kappa shape index (κ2) is 10.5. The molecule has 1 aromatic heterocycles. The molecule has 2 aromatic carbocycles. The monoisotopic (exact) mass is 444 g/mol. The Kier molecular flexibility index (Phi) is 7.46. The molecule has 0 bridgehead atoms. The molecule has 0 radical (unpaired) electrons. The number of pyridine rings is 1. The highest BCUT2D eigenvalue weighted by molar-refractivity contribution is 5.95. The van der Waals surface area contributed by atoms with Crippen LogP contribution >= 0.6 is 0 Å². The molecule has 0 atom stereocenters. The van der Waals surface area contributed by atoms with E-state index in [9.17, 15) is 0 Å². The SMILES string of the molecule is CCCCCc1ccc2c(n1)[N+](CC)(CC)c1ccc(-c3ccc(OCCCN)cc3)cc1-2. The van der Waals surface area contributed by atoms with Crippen molar-refractivity contribution < 1.29 is 4.74 Å². The number of rotatable bonds is 11. The lowest BCUT2D eigenvalue weighted by molar-refractivity contribution is 0.313. The second-order valence-corrected chi connectivity index (χ2v) is 8.98. The van der Waals surface area contributed by atoms with E-state index in [1.165, 1.54) is 58.7 Å². The summed E-state index contributed by atoms with van der Waals surface area (Å²) in [6, 6.07) is 19.9. The second-order valence-electron chi connectivity index (χ2n) is 8.98. The van der Waals surface area contributed by atoms with E-state index in [0.29, 0.717) is 13.2 Å². The number of aromatic nitrogens is 1. The van der Waals surface area contributed by atoms with Gasteiger partial charge < -0.3 is 10.5 Å². The minimum Gasteiger partial charge on any atom is -0.494 e. The first-order chi connectivity index (χ1) is 16.2. The van der Waals surface area contributed by atoms with E-state index in [2.05, 4.69) is 75.4 Å². The van der Waals surface area contributed by atoms with Gasteiger partial charge in [0.25, 0.3) is 0 Å². The van der Waals surface area contributed by atoms with Crippen molar-refractivity contribution in [1.82, 2.24) is 9.47 Å². The average Bonchev–Trinajstić information content (AvgIpc) is 3.13. The molecule has 4 nitrogen and oxygen atoms in total. The fourth-order valence-corrected chi connectivity index (χ4v) is 5.02. The van der Waals surface area contributed by atoms with Gasteiger partial charge in [-0.05, 0) is 87.2 Å². The number of nitrogens with two attached hydrogens (primary N) is 1. The highest BCUT2D eigenvalue weighted by Crippen LogP contribution is 2.52. The van der Waals surface area contributed by atoms with Crippen LogP contribution in [0.25, 0.3) is 22.3 Å². The van der Waals surface area contributed by atoms with Crippen molar-refractivity contribution in [2.45, 2.75) is 52.9 Å². The number of hydrogen-bond donors (Lipinski definition) is 1. The number of aryl methyl sites for hydroxylation is 1. The molecule has 0 unspecified atom stereocenters. The van der Waals surface area contributed by atoms with Gasteiger partial charge >= 0.3 is 0 Å². The highest BCUT2D eigenvalue weighted by atomic mass is 16.5. The van der Waals surface area contributed by atoms with Gasteiger partial charge in [-0.3, -0.25) is 0 Å². The molecule has 2 N–H and O–H groups in total. The van der Waals surface area contributed by atoms with Crippen molar-refractivity contribution in [1.29, 1.82) is 0 Å². The number of quaternary nitrogens is 1. The fourth-order valence-electron chi connectivity index (χ4n) is 5.02. The van der Waals surface area contributed by atoms with Gasteiger partial charge in [-0.2, -0.15) is 0 Å². The summed E-state index contributed by atoms with van der Waals surface area (Å²) in [5.41, 5.74) is 13.2. The third kappa shape index (κ3) is 4.55. The normalized spacial score (nSPS) is 13.6. The van der Waals surface area contributed by atoms with Crippen LogP contribution in [0.5, 0.6) is 5.75 Å². The first-order valence-corrected chi connectivity index (χ1v) is 12.6. The molecule has 4 heteroatoms. The van der Waals surface area contributed by atoms with Crippen LogP contribution in [0.2, 0.25) is 0 Å². The van der Waals surface area contributed by atoms with E-state index in [0.717, 1.165) is 36.2 Å². The van der Waals surface area contributed by atoms with Gasteiger partial charge in [0, 0.05) is 11.8 Å². The van der Waals surface area contributed by atoms with E-state index in [-0.39, 0.29) is 0 Å². The predicted octanol–water partition coefficient (Wildman–Crippen LogP) is 6.87. The molecule has 0 fully saturated rings. The van der Waals surface area contributed by atoms with Crippen LogP contribution in [-0.4, -0.2) is 31.2 Å². The van der Waals surface area contributed by atoms with Gasteiger partial charge in [-0.25, -0.2) is 9.47 Å². The van der Waals surface area contributed by atoms with Crippen LogP contribution in [-0.2, 0) is 6.42 Å². The smallest absolute Gasteiger partial charge is 0.241 e. The van der Waals surface area contributed by atoms with Crippen LogP contribution < -0.4 is 15.0 Å². The molecule has 33 heavy (non-hydrogen) atoms. The molecular formula is C29H38N3O+. The van der Waals surface area contributed by atoms with E-state index in [1.807, 2.05) is 0 Å². The van der Waals surface area contributed by atoms with E-state index >= 15 is 0 Å². The van der Waals surface area contributed by atoms with Crippen LogP contribution in [0.1, 0.15) is 52.1 Å². The van der Waals surface area contributed by atoms with Crippen molar-refractivity contribution in [3.63, 3.8) is 0 Å². The van der Waals surface area contributed by atoms with Crippen LogP contribution in [0.15, 0.2) is 54.6 Å². The van der Waals surface area contributed by atoms with E-state index in [1.54, 1.807) is 0 Å². The van der Waals surface area contributed by atoms with Gasteiger partial charge in [-0.1, -0.05) is 31.9 Å². The van der Waals surface area contributed by atoms with E-state index in [4.69, 9.17) is 15.5 Å². The Bertz CT molecular complexity index is 1070.